The van der Waals surface area contributed by atoms with E-state index in [0.717, 1.165) is 50.6 Å². The summed E-state index contributed by atoms with van der Waals surface area (Å²) in [5.74, 6) is 0.381. The molecule has 150 valence electrons. The van der Waals surface area contributed by atoms with E-state index in [1.165, 1.54) is 5.69 Å². The number of nitrogens with zero attached hydrogens (tertiary/aromatic N) is 5. The number of aromatic nitrogens is 2. The number of carbonyl (C=O) groups is 1. The molecule has 0 spiro atoms. The standard InChI is InChI=1S/C21H30N6O/c1-5-26(6-2)21-22-16(3)15-19(24-21)20(28)23-17-7-9-18(10-8-17)27-13-11-25(4)12-14-27/h7-10,15H,5-6,11-14H2,1-4H3,(H,23,28). The Morgan fingerprint density at radius 1 is 1.07 bits per heavy atom. The molecule has 0 aliphatic carbocycles. The zero-order valence-corrected chi connectivity index (χ0v) is 17.3. The summed E-state index contributed by atoms with van der Waals surface area (Å²) >= 11 is 0. The van der Waals surface area contributed by atoms with Crippen molar-refractivity contribution in [3.63, 3.8) is 0 Å². The van der Waals surface area contributed by atoms with E-state index in [1.54, 1.807) is 6.07 Å². The number of likely N-dealkylation sites (N-methyl/N-ethyl adjacent to an activating group) is 1. The molecule has 1 amide bonds. The topological polar surface area (TPSA) is 64.6 Å². The van der Waals surface area contributed by atoms with Gasteiger partial charge < -0.3 is 20.0 Å². The minimum atomic E-state index is -0.216. The van der Waals surface area contributed by atoms with Gasteiger partial charge in [0.25, 0.3) is 5.91 Å². The Labute approximate surface area is 167 Å². The normalized spacial score (nSPS) is 14.8. The molecular formula is C21H30N6O. The van der Waals surface area contributed by atoms with Crippen molar-refractivity contribution in [1.29, 1.82) is 0 Å². The minimum absolute atomic E-state index is 0.216. The van der Waals surface area contributed by atoms with E-state index >= 15 is 0 Å². The maximum Gasteiger partial charge on any atom is 0.274 e. The quantitative estimate of drug-likeness (QED) is 0.829. The van der Waals surface area contributed by atoms with Gasteiger partial charge in [-0.1, -0.05) is 0 Å². The van der Waals surface area contributed by atoms with Crippen LogP contribution in [-0.4, -0.2) is 67.1 Å². The zero-order chi connectivity index (χ0) is 20.1. The molecule has 7 heteroatoms. The van der Waals surface area contributed by atoms with Crippen LogP contribution in [0.5, 0.6) is 0 Å². The van der Waals surface area contributed by atoms with E-state index in [1.807, 2.05) is 24.0 Å². The fourth-order valence-corrected chi connectivity index (χ4v) is 3.33. The largest absolute Gasteiger partial charge is 0.369 e. The highest BCUT2D eigenvalue weighted by molar-refractivity contribution is 6.03. The summed E-state index contributed by atoms with van der Waals surface area (Å²) in [5.41, 5.74) is 3.13. The fourth-order valence-electron chi connectivity index (χ4n) is 3.33. The molecule has 1 saturated heterocycles. The Hall–Kier alpha value is -2.67. The van der Waals surface area contributed by atoms with Crippen LogP contribution in [0.25, 0.3) is 0 Å². The van der Waals surface area contributed by atoms with Crippen molar-refractivity contribution in [2.45, 2.75) is 20.8 Å². The third-order valence-electron chi connectivity index (χ3n) is 5.11. The second kappa shape index (κ2) is 9.01. The third-order valence-corrected chi connectivity index (χ3v) is 5.11. The van der Waals surface area contributed by atoms with E-state index in [0.29, 0.717) is 11.6 Å². The highest BCUT2D eigenvalue weighted by Crippen LogP contribution is 2.20. The number of hydrogen-bond donors (Lipinski definition) is 1. The predicted molar refractivity (Wildman–Crippen MR) is 114 cm³/mol. The van der Waals surface area contributed by atoms with Crippen molar-refractivity contribution in [2.75, 3.05) is 61.4 Å². The Morgan fingerprint density at radius 3 is 2.32 bits per heavy atom. The Balaban J connectivity index is 1.69. The monoisotopic (exact) mass is 382 g/mol. The summed E-state index contributed by atoms with van der Waals surface area (Å²) in [6.07, 6.45) is 0. The van der Waals surface area contributed by atoms with Gasteiger partial charge in [0.05, 0.1) is 0 Å². The van der Waals surface area contributed by atoms with Crippen LogP contribution in [0.2, 0.25) is 0 Å². The number of rotatable bonds is 6. The summed E-state index contributed by atoms with van der Waals surface area (Å²) in [6.45, 7) is 11.8. The van der Waals surface area contributed by atoms with Gasteiger partial charge in [-0.3, -0.25) is 4.79 Å². The van der Waals surface area contributed by atoms with Crippen LogP contribution >= 0.6 is 0 Å². The van der Waals surface area contributed by atoms with Crippen LogP contribution in [-0.2, 0) is 0 Å². The third kappa shape index (κ3) is 4.78. The lowest BCUT2D eigenvalue weighted by Gasteiger charge is -2.34. The van der Waals surface area contributed by atoms with E-state index in [4.69, 9.17) is 0 Å². The van der Waals surface area contributed by atoms with Crippen LogP contribution in [0.4, 0.5) is 17.3 Å². The van der Waals surface area contributed by atoms with Crippen LogP contribution in [0.15, 0.2) is 30.3 Å². The van der Waals surface area contributed by atoms with Gasteiger partial charge in [-0.2, -0.15) is 0 Å². The van der Waals surface area contributed by atoms with E-state index in [2.05, 4.69) is 58.1 Å². The number of anilines is 3. The molecule has 0 atom stereocenters. The smallest absolute Gasteiger partial charge is 0.274 e. The van der Waals surface area contributed by atoms with Gasteiger partial charge in [0.15, 0.2) is 0 Å². The lowest BCUT2D eigenvalue weighted by Crippen LogP contribution is -2.44. The minimum Gasteiger partial charge on any atom is -0.369 e. The number of benzene rings is 1. The zero-order valence-electron chi connectivity index (χ0n) is 17.3. The first-order chi connectivity index (χ1) is 13.5. The first kappa shape index (κ1) is 20.1. The molecule has 1 fully saturated rings. The van der Waals surface area contributed by atoms with Crippen LogP contribution < -0.4 is 15.1 Å². The number of amides is 1. The van der Waals surface area contributed by atoms with Gasteiger partial charge in [0.1, 0.15) is 5.69 Å². The lowest BCUT2D eigenvalue weighted by atomic mass is 10.2. The van der Waals surface area contributed by atoms with E-state index < -0.39 is 0 Å². The van der Waals surface area contributed by atoms with Gasteiger partial charge in [-0.15, -0.1) is 0 Å². The number of carbonyl (C=O) groups excluding carboxylic acids is 1. The Bertz CT molecular complexity index is 795. The molecule has 28 heavy (non-hydrogen) atoms. The first-order valence-electron chi connectivity index (χ1n) is 9.95. The first-order valence-corrected chi connectivity index (χ1v) is 9.95. The second-order valence-electron chi connectivity index (χ2n) is 7.16. The van der Waals surface area contributed by atoms with Gasteiger partial charge in [0.2, 0.25) is 5.95 Å². The van der Waals surface area contributed by atoms with Crippen LogP contribution in [0.3, 0.4) is 0 Å². The summed E-state index contributed by atoms with van der Waals surface area (Å²) < 4.78 is 0. The van der Waals surface area contributed by atoms with Gasteiger partial charge in [-0.05, 0) is 58.2 Å². The summed E-state index contributed by atoms with van der Waals surface area (Å²) in [7, 11) is 2.15. The molecule has 1 aliphatic rings. The van der Waals surface area contributed by atoms with Crippen molar-refractivity contribution >= 4 is 23.2 Å². The average molecular weight is 383 g/mol. The van der Waals surface area contributed by atoms with Gasteiger partial charge >= 0.3 is 0 Å². The number of aryl methyl sites for hydroxylation is 1. The molecule has 1 aromatic carbocycles. The highest BCUT2D eigenvalue weighted by Gasteiger charge is 2.16. The molecule has 0 radical (unpaired) electrons. The van der Waals surface area contributed by atoms with E-state index in [-0.39, 0.29) is 5.91 Å². The van der Waals surface area contributed by atoms with Crippen molar-refractivity contribution in [2.24, 2.45) is 0 Å². The number of piperazine rings is 1. The Kier molecular flexibility index (Phi) is 6.46. The molecule has 7 nitrogen and oxygen atoms in total. The lowest BCUT2D eigenvalue weighted by molar-refractivity contribution is 0.102. The van der Waals surface area contributed by atoms with E-state index in [9.17, 15) is 4.79 Å². The molecule has 1 N–H and O–H groups in total. The molecule has 1 aliphatic heterocycles. The number of nitrogens with one attached hydrogen (secondary N) is 1. The van der Waals surface area contributed by atoms with Gasteiger partial charge in [-0.25, -0.2) is 9.97 Å². The molecule has 1 aromatic heterocycles. The molecule has 0 unspecified atom stereocenters. The molecule has 0 bridgehead atoms. The van der Waals surface area contributed by atoms with Crippen LogP contribution in [0, 0.1) is 6.92 Å². The summed E-state index contributed by atoms with van der Waals surface area (Å²) in [4.78, 5) is 28.4. The maximum absolute atomic E-state index is 12.7. The maximum atomic E-state index is 12.7. The average Bonchev–Trinajstić information content (AvgIpc) is 2.70. The SMILES string of the molecule is CCN(CC)c1nc(C)cc(C(=O)Nc2ccc(N3CCN(C)CC3)cc2)n1. The molecular weight excluding hydrogens is 352 g/mol. The summed E-state index contributed by atoms with van der Waals surface area (Å²) in [5, 5.41) is 2.95. The summed E-state index contributed by atoms with van der Waals surface area (Å²) in [6, 6.07) is 9.75. The van der Waals surface area contributed by atoms with Crippen molar-refractivity contribution < 1.29 is 4.79 Å². The van der Waals surface area contributed by atoms with Crippen molar-refractivity contribution in [3.8, 4) is 0 Å². The molecule has 2 aromatic rings. The van der Waals surface area contributed by atoms with Crippen molar-refractivity contribution in [1.82, 2.24) is 14.9 Å². The van der Waals surface area contributed by atoms with Crippen LogP contribution in [0.1, 0.15) is 30.0 Å². The fraction of sp³-hybridized carbons (Fsp3) is 0.476. The molecule has 2 heterocycles. The molecule has 0 saturated carbocycles. The predicted octanol–water partition coefficient (Wildman–Crippen LogP) is 2.64. The number of hydrogen-bond acceptors (Lipinski definition) is 6. The molecule has 3 rings (SSSR count). The highest BCUT2D eigenvalue weighted by atomic mass is 16.1. The van der Waals surface area contributed by atoms with Gasteiger partial charge in [0, 0.05) is 56.3 Å². The van der Waals surface area contributed by atoms with Crippen molar-refractivity contribution in [3.05, 3.63) is 41.7 Å². The second-order valence-corrected chi connectivity index (χ2v) is 7.16. The Morgan fingerprint density at radius 2 is 1.71 bits per heavy atom.